The molecule has 0 aromatic heterocycles. The summed E-state index contributed by atoms with van der Waals surface area (Å²) in [5.74, 6) is 1.16. The van der Waals surface area contributed by atoms with E-state index in [1.54, 1.807) is 0 Å². The molecular formula is C17H25ClN2OS. The Kier molecular flexibility index (Phi) is 5.81. The van der Waals surface area contributed by atoms with Gasteiger partial charge in [0.1, 0.15) is 0 Å². The molecule has 1 amide bonds. The van der Waals surface area contributed by atoms with Crippen LogP contribution in [0.25, 0.3) is 0 Å². The van der Waals surface area contributed by atoms with Crippen molar-refractivity contribution in [3.05, 3.63) is 29.8 Å². The number of nitrogens with one attached hydrogen (secondary N) is 1. The molecule has 5 heteroatoms. The van der Waals surface area contributed by atoms with Crippen LogP contribution in [0.4, 0.5) is 0 Å². The Bertz CT molecular complexity index is 535. The number of fused-ring (bicyclic) bond motifs is 1. The number of hydrogen-bond donors (Lipinski definition) is 2. The lowest BCUT2D eigenvalue weighted by molar-refractivity contribution is -0.129. The maximum absolute atomic E-state index is 12.7. The summed E-state index contributed by atoms with van der Waals surface area (Å²) < 4.78 is 0. The van der Waals surface area contributed by atoms with Crippen LogP contribution in [0.15, 0.2) is 29.2 Å². The van der Waals surface area contributed by atoms with Gasteiger partial charge in [-0.15, -0.1) is 24.2 Å². The Balaban J connectivity index is 0.00000176. The number of thioether (sulfide) groups is 1. The molecule has 0 spiro atoms. The first kappa shape index (κ1) is 17.6. The van der Waals surface area contributed by atoms with Crippen LogP contribution in [-0.4, -0.2) is 17.2 Å². The summed E-state index contributed by atoms with van der Waals surface area (Å²) in [5.41, 5.74) is 7.26. The van der Waals surface area contributed by atoms with Gasteiger partial charge < -0.3 is 11.1 Å². The number of nitrogens with two attached hydrogens (primary N) is 1. The van der Waals surface area contributed by atoms with Gasteiger partial charge in [0.2, 0.25) is 5.91 Å². The standard InChI is InChI=1S/C17H24N2OS.ClH/c1-17(18)10-5-4-7-13(17)16(20)19-14-9-11-21-15-8-3-2-6-12(14)15;/h2-3,6,8,13-14H,4-5,7,9-11,18H2,1H3,(H,19,20);1H. The average molecular weight is 341 g/mol. The largest absolute Gasteiger partial charge is 0.349 e. The fourth-order valence-electron chi connectivity index (χ4n) is 3.55. The Labute approximate surface area is 143 Å². The first-order chi connectivity index (χ1) is 10.1. The van der Waals surface area contributed by atoms with Gasteiger partial charge in [-0.3, -0.25) is 4.79 Å². The second-order valence-electron chi connectivity index (χ2n) is 6.54. The highest BCUT2D eigenvalue weighted by atomic mass is 35.5. The Morgan fingerprint density at radius 2 is 2.09 bits per heavy atom. The Hall–Kier alpha value is -0.710. The quantitative estimate of drug-likeness (QED) is 0.863. The molecule has 3 atom stereocenters. The predicted molar refractivity (Wildman–Crippen MR) is 94.5 cm³/mol. The summed E-state index contributed by atoms with van der Waals surface area (Å²) in [7, 11) is 0. The lowest BCUT2D eigenvalue weighted by Crippen LogP contribution is -2.53. The average Bonchev–Trinajstić information content (AvgIpc) is 2.47. The Morgan fingerprint density at radius 3 is 2.86 bits per heavy atom. The highest BCUT2D eigenvalue weighted by Crippen LogP contribution is 2.37. The van der Waals surface area contributed by atoms with Crippen LogP contribution in [0, 0.1) is 5.92 Å². The number of amides is 1. The normalized spacial score (nSPS) is 30.8. The highest BCUT2D eigenvalue weighted by molar-refractivity contribution is 7.99. The molecule has 3 nitrogen and oxygen atoms in total. The molecular weight excluding hydrogens is 316 g/mol. The van der Waals surface area contributed by atoms with Gasteiger partial charge in [-0.1, -0.05) is 31.0 Å². The van der Waals surface area contributed by atoms with Crippen molar-refractivity contribution in [2.45, 2.75) is 55.5 Å². The van der Waals surface area contributed by atoms with Crippen molar-refractivity contribution in [1.29, 1.82) is 0 Å². The molecule has 1 aromatic carbocycles. The van der Waals surface area contributed by atoms with Crippen LogP contribution < -0.4 is 11.1 Å². The molecule has 1 aliphatic heterocycles. The summed E-state index contributed by atoms with van der Waals surface area (Å²) in [4.78, 5) is 14.0. The van der Waals surface area contributed by atoms with E-state index in [9.17, 15) is 4.79 Å². The molecule has 0 saturated heterocycles. The van der Waals surface area contributed by atoms with E-state index >= 15 is 0 Å². The zero-order chi connectivity index (χ0) is 14.9. The van der Waals surface area contributed by atoms with Crippen LogP contribution in [0.5, 0.6) is 0 Å². The molecule has 1 heterocycles. The third-order valence-electron chi connectivity index (χ3n) is 4.85. The van der Waals surface area contributed by atoms with Gasteiger partial charge in [0.15, 0.2) is 0 Å². The number of benzene rings is 1. The van der Waals surface area contributed by atoms with E-state index < -0.39 is 0 Å². The van der Waals surface area contributed by atoms with Gasteiger partial charge in [0.05, 0.1) is 12.0 Å². The second-order valence-corrected chi connectivity index (χ2v) is 7.68. The summed E-state index contributed by atoms with van der Waals surface area (Å²) in [6, 6.07) is 8.54. The Morgan fingerprint density at radius 1 is 1.32 bits per heavy atom. The fourth-order valence-corrected chi connectivity index (χ4v) is 4.68. The van der Waals surface area contributed by atoms with Crippen molar-refractivity contribution in [3.8, 4) is 0 Å². The topological polar surface area (TPSA) is 55.1 Å². The molecule has 0 bridgehead atoms. The number of carbonyl (C=O) groups excluding carboxylic acids is 1. The van der Waals surface area contributed by atoms with Crippen molar-refractivity contribution in [2.75, 3.05) is 5.75 Å². The highest BCUT2D eigenvalue weighted by Gasteiger charge is 2.38. The predicted octanol–water partition coefficient (Wildman–Crippen LogP) is 3.67. The van der Waals surface area contributed by atoms with Crippen LogP contribution in [0.2, 0.25) is 0 Å². The van der Waals surface area contributed by atoms with E-state index in [0.29, 0.717) is 0 Å². The SMILES string of the molecule is CC1(N)CCCCC1C(=O)NC1CCSc2ccccc21.Cl. The van der Waals surface area contributed by atoms with Crippen molar-refractivity contribution in [2.24, 2.45) is 11.7 Å². The van der Waals surface area contributed by atoms with Crippen molar-refractivity contribution in [1.82, 2.24) is 5.32 Å². The molecule has 1 saturated carbocycles. The van der Waals surface area contributed by atoms with Crippen molar-refractivity contribution < 1.29 is 4.79 Å². The zero-order valence-electron chi connectivity index (χ0n) is 13.0. The maximum Gasteiger partial charge on any atom is 0.225 e. The van der Waals surface area contributed by atoms with E-state index in [2.05, 4.69) is 29.6 Å². The lowest BCUT2D eigenvalue weighted by atomic mass is 9.74. The summed E-state index contributed by atoms with van der Waals surface area (Å²) in [6.45, 7) is 2.03. The van der Waals surface area contributed by atoms with Gasteiger partial charge in [0.25, 0.3) is 0 Å². The van der Waals surface area contributed by atoms with Crippen LogP contribution in [0.3, 0.4) is 0 Å². The molecule has 2 aliphatic rings. The molecule has 1 fully saturated rings. The number of carbonyl (C=O) groups is 1. The first-order valence-corrected chi connectivity index (χ1v) is 8.87. The van der Waals surface area contributed by atoms with Gasteiger partial charge in [-0.05, 0) is 37.8 Å². The van der Waals surface area contributed by atoms with Crippen LogP contribution >= 0.6 is 24.2 Å². The molecule has 3 unspecified atom stereocenters. The minimum atomic E-state index is -0.356. The van der Waals surface area contributed by atoms with E-state index in [-0.39, 0.29) is 35.8 Å². The van der Waals surface area contributed by atoms with E-state index in [4.69, 9.17) is 5.73 Å². The van der Waals surface area contributed by atoms with Crippen molar-refractivity contribution >= 4 is 30.1 Å². The number of hydrogen-bond acceptors (Lipinski definition) is 3. The minimum absolute atomic E-state index is 0. The van der Waals surface area contributed by atoms with Crippen molar-refractivity contribution in [3.63, 3.8) is 0 Å². The molecule has 0 radical (unpaired) electrons. The molecule has 22 heavy (non-hydrogen) atoms. The maximum atomic E-state index is 12.7. The third-order valence-corrected chi connectivity index (χ3v) is 5.97. The van der Waals surface area contributed by atoms with Gasteiger partial charge in [-0.2, -0.15) is 0 Å². The van der Waals surface area contributed by atoms with Gasteiger partial charge >= 0.3 is 0 Å². The van der Waals surface area contributed by atoms with Gasteiger partial charge in [0, 0.05) is 16.2 Å². The molecule has 1 aliphatic carbocycles. The first-order valence-electron chi connectivity index (χ1n) is 7.89. The summed E-state index contributed by atoms with van der Waals surface area (Å²) >= 11 is 1.88. The van der Waals surface area contributed by atoms with E-state index in [1.807, 2.05) is 18.7 Å². The van der Waals surface area contributed by atoms with E-state index in [0.717, 1.165) is 37.9 Å². The lowest BCUT2D eigenvalue weighted by Gasteiger charge is -2.38. The molecule has 1 aromatic rings. The third kappa shape index (κ3) is 3.61. The van der Waals surface area contributed by atoms with Crippen LogP contribution in [-0.2, 0) is 4.79 Å². The molecule has 122 valence electrons. The summed E-state index contributed by atoms with van der Waals surface area (Å²) in [5, 5.41) is 3.27. The number of rotatable bonds is 2. The molecule has 3 N–H and O–H groups in total. The summed E-state index contributed by atoms with van der Waals surface area (Å²) in [6.07, 6.45) is 5.12. The number of halogens is 1. The minimum Gasteiger partial charge on any atom is -0.349 e. The van der Waals surface area contributed by atoms with E-state index in [1.165, 1.54) is 10.5 Å². The van der Waals surface area contributed by atoms with Crippen LogP contribution in [0.1, 0.15) is 50.6 Å². The second kappa shape index (κ2) is 7.24. The molecule has 3 rings (SSSR count). The zero-order valence-corrected chi connectivity index (χ0v) is 14.6. The smallest absolute Gasteiger partial charge is 0.225 e. The fraction of sp³-hybridized carbons (Fsp3) is 0.588. The van der Waals surface area contributed by atoms with Gasteiger partial charge in [-0.25, -0.2) is 0 Å². The monoisotopic (exact) mass is 340 g/mol.